The SMILES string of the molecule is CCCCCCCCCCCCCCCCCCCCCCCCC(O)C(CO)NC(=O)CCCCCCC/C=C\CCCCCCCCCCCOC(=O)CCCCCCCCCCCCCCCCCCCC. The first kappa shape index (κ1) is 73.6. The molecular weight excluding hydrogens is 923 g/mol. The summed E-state index contributed by atoms with van der Waals surface area (Å²) in [5, 5.41) is 23.4. The number of aliphatic hydroxyl groups is 2. The van der Waals surface area contributed by atoms with Gasteiger partial charge in [-0.1, -0.05) is 341 Å². The molecule has 0 aliphatic rings. The lowest BCUT2D eigenvalue weighted by Crippen LogP contribution is -2.45. The van der Waals surface area contributed by atoms with Crippen LogP contribution < -0.4 is 5.32 Å². The molecule has 0 heterocycles. The Kier molecular flexibility index (Phi) is 63.9. The van der Waals surface area contributed by atoms with Crippen molar-refractivity contribution in [1.29, 1.82) is 0 Å². The van der Waals surface area contributed by atoms with Gasteiger partial charge in [-0.05, 0) is 51.4 Å². The fraction of sp³-hybridized carbons (Fsp3) is 0.942. The van der Waals surface area contributed by atoms with Gasteiger partial charge < -0.3 is 20.3 Å². The second-order valence-corrected chi connectivity index (χ2v) is 23.9. The van der Waals surface area contributed by atoms with E-state index in [-0.39, 0.29) is 18.5 Å². The van der Waals surface area contributed by atoms with E-state index in [0.717, 1.165) is 51.4 Å². The number of allylic oxidation sites excluding steroid dienone is 2. The van der Waals surface area contributed by atoms with Crippen molar-refractivity contribution in [2.45, 2.75) is 405 Å². The Morgan fingerprint density at radius 1 is 0.360 bits per heavy atom. The Morgan fingerprint density at radius 3 is 0.947 bits per heavy atom. The number of esters is 1. The van der Waals surface area contributed by atoms with E-state index in [4.69, 9.17) is 4.74 Å². The van der Waals surface area contributed by atoms with Gasteiger partial charge in [0.2, 0.25) is 5.91 Å². The molecule has 0 aromatic carbocycles. The molecule has 3 N–H and O–H groups in total. The molecule has 0 spiro atoms. The van der Waals surface area contributed by atoms with E-state index < -0.39 is 12.1 Å². The van der Waals surface area contributed by atoms with Crippen LogP contribution >= 0.6 is 0 Å². The number of carbonyl (C=O) groups excluding carboxylic acids is 2. The van der Waals surface area contributed by atoms with Crippen molar-refractivity contribution in [1.82, 2.24) is 5.32 Å². The van der Waals surface area contributed by atoms with Gasteiger partial charge in [-0.3, -0.25) is 9.59 Å². The summed E-state index contributed by atoms with van der Waals surface area (Å²) in [6, 6.07) is -0.552. The van der Waals surface area contributed by atoms with E-state index >= 15 is 0 Å². The largest absolute Gasteiger partial charge is 0.466 e. The second kappa shape index (κ2) is 65.1. The number of amides is 1. The minimum atomic E-state index is -0.674. The summed E-state index contributed by atoms with van der Waals surface area (Å²) in [6.45, 7) is 4.98. The number of hydrogen-bond acceptors (Lipinski definition) is 5. The summed E-state index contributed by atoms with van der Waals surface area (Å²) >= 11 is 0. The fourth-order valence-corrected chi connectivity index (χ4v) is 11.1. The van der Waals surface area contributed by atoms with E-state index in [1.165, 1.54) is 308 Å². The number of ether oxygens (including phenoxy) is 1. The first-order valence-electron chi connectivity index (χ1n) is 34.4. The number of aliphatic hydroxyl groups excluding tert-OH is 2. The maximum absolute atomic E-state index is 12.5. The third kappa shape index (κ3) is 61.7. The average Bonchev–Trinajstić information content (AvgIpc) is 3.41. The lowest BCUT2D eigenvalue weighted by Gasteiger charge is -2.22. The molecule has 0 radical (unpaired) electrons. The highest BCUT2D eigenvalue weighted by Gasteiger charge is 2.20. The predicted molar refractivity (Wildman–Crippen MR) is 329 cm³/mol. The minimum Gasteiger partial charge on any atom is -0.466 e. The second-order valence-electron chi connectivity index (χ2n) is 23.9. The van der Waals surface area contributed by atoms with Gasteiger partial charge in [0.25, 0.3) is 0 Å². The highest BCUT2D eigenvalue weighted by Crippen LogP contribution is 2.19. The van der Waals surface area contributed by atoms with E-state index in [1.807, 2.05) is 0 Å². The first-order valence-corrected chi connectivity index (χ1v) is 34.4. The van der Waals surface area contributed by atoms with Crippen LogP contribution in [0, 0.1) is 0 Å². The number of hydrogen-bond donors (Lipinski definition) is 3. The van der Waals surface area contributed by atoms with Crippen LogP contribution in [0.3, 0.4) is 0 Å². The van der Waals surface area contributed by atoms with Crippen LogP contribution in [0.4, 0.5) is 0 Å². The van der Waals surface area contributed by atoms with Crippen molar-refractivity contribution in [2.24, 2.45) is 0 Å². The third-order valence-corrected chi connectivity index (χ3v) is 16.3. The van der Waals surface area contributed by atoms with Gasteiger partial charge in [-0.15, -0.1) is 0 Å². The Morgan fingerprint density at radius 2 is 0.627 bits per heavy atom. The quantitative estimate of drug-likeness (QED) is 0.0320. The maximum Gasteiger partial charge on any atom is 0.305 e. The first-order chi connectivity index (χ1) is 37.0. The zero-order valence-electron chi connectivity index (χ0n) is 51.1. The number of rotatable bonds is 65. The standard InChI is InChI=1S/C69H135NO5/c1-3-5-7-9-11-13-15-17-19-21-23-24-25-26-29-33-37-41-45-49-53-57-61-67(72)66(65-71)70-68(73)62-58-54-50-46-42-38-34-30-27-28-32-36-40-44-48-52-56-60-64-75-69(74)63-59-55-51-47-43-39-35-31-22-20-18-16-14-12-10-8-6-4-2/h30,34,66-67,71-72H,3-29,31-33,35-65H2,1-2H3,(H,70,73)/b34-30-. The fourth-order valence-electron chi connectivity index (χ4n) is 11.1. The molecule has 0 aliphatic carbocycles. The summed E-state index contributed by atoms with van der Waals surface area (Å²) in [4.78, 5) is 24.6. The lowest BCUT2D eigenvalue weighted by atomic mass is 10.0. The molecule has 0 aromatic heterocycles. The lowest BCUT2D eigenvalue weighted by molar-refractivity contribution is -0.143. The molecule has 446 valence electrons. The van der Waals surface area contributed by atoms with Crippen LogP contribution in [0.25, 0.3) is 0 Å². The maximum atomic E-state index is 12.5. The minimum absolute atomic E-state index is 0.00871. The van der Waals surface area contributed by atoms with Crippen molar-refractivity contribution in [2.75, 3.05) is 13.2 Å². The van der Waals surface area contributed by atoms with E-state index in [0.29, 0.717) is 25.9 Å². The molecule has 0 aliphatic heterocycles. The summed E-state index contributed by atoms with van der Waals surface area (Å²) in [7, 11) is 0. The molecule has 0 saturated carbocycles. The van der Waals surface area contributed by atoms with Gasteiger partial charge in [0.05, 0.1) is 25.4 Å². The molecule has 2 atom stereocenters. The molecule has 0 saturated heterocycles. The third-order valence-electron chi connectivity index (χ3n) is 16.3. The van der Waals surface area contributed by atoms with Gasteiger partial charge in [0.1, 0.15) is 0 Å². The van der Waals surface area contributed by atoms with Crippen LogP contribution in [0.2, 0.25) is 0 Å². The smallest absolute Gasteiger partial charge is 0.305 e. The van der Waals surface area contributed by atoms with Crippen molar-refractivity contribution in [3.63, 3.8) is 0 Å². The Hall–Kier alpha value is -1.40. The molecule has 0 aromatic rings. The molecule has 2 unspecified atom stereocenters. The van der Waals surface area contributed by atoms with Crippen LogP contribution in [-0.2, 0) is 14.3 Å². The highest BCUT2D eigenvalue weighted by molar-refractivity contribution is 5.76. The molecule has 6 nitrogen and oxygen atoms in total. The Balaban J connectivity index is 3.42. The summed E-state index contributed by atoms with van der Waals surface area (Å²) < 4.78 is 5.50. The number of nitrogens with one attached hydrogen (secondary N) is 1. The number of carbonyl (C=O) groups is 2. The van der Waals surface area contributed by atoms with Gasteiger partial charge in [-0.2, -0.15) is 0 Å². The highest BCUT2D eigenvalue weighted by atomic mass is 16.5. The molecule has 75 heavy (non-hydrogen) atoms. The summed E-state index contributed by atoms with van der Waals surface area (Å²) in [5.74, 6) is -0.0358. The monoisotopic (exact) mass is 1060 g/mol. The van der Waals surface area contributed by atoms with Crippen molar-refractivity contribution < 1.29 is 24.5 Å². The Bertz CT molecular complexity index is 1130. The zero-order chi connectivity index (χ0) is 54.3. The van der Waals surface area contributed by atoms with E-state index in [2.05, 4.69) is 31.3 Å². The Labute approximate surface area is 469 Å². The molecule has 0 fully saturated rings. The van der Waals surface area contributed by atoms with Crippen LogP contribution in [0.5, 0.6) is 0 Å². The van der Waals surface area contributed by atoms with Crippen LogP contribution in [0.1, 0.15) is 393 Å². The van der Waals surface area contributed by atoms with Crippen LogP contribution in [0.15, 0.2) is 12.2 Å². The average molecular weight is 1060 g/mol. The van der Waals surface area contributed by atoms with Gasteiger partial charge in [0, 0.05) is 12.8 Å². The molecule has 0 bridgehead atoms. The van der Waals surface area contributed by atoms with E-state index in [1.54, 1.807) is 0 Å². The molecule has 6 heteroatoms. The van der Waals surface area contributed by atoms with Crippen molar-refractivity contribution >= 4 is 11.9 Å². The molecular formula is C69H135NO5. The number of unbranched alkanes of at least 4 members (excludes halogenated alkanes) is 52. The van der Waals surface area contributed by atoms with Crippen molar-refractivity contribution in [3.05, 3.63) is 12.2 Å². The predicted octanol–water partition coefficient (Wildman–Crippen LogP) is 22.0. The van der Waals surface area contributed by atoms with Gasteiger partial charge in [-0.25, -0.2) is 0 Å². The summed E-state index contributed by atoms with van der Waals surface area (Å²) in [5.41, 5.74) is 0. The van der Waals surface area contributed by atoms with E-state index in [9.17, 15) is 19.8 Å². The normalized spacial score (nSPS) is 12.5. The topological polar surface area (TPSA) is 95.9 Å². The van der Waals surface area contributed by atoms with Gasteiger partial charge in [0.15, 0.2) is 0 Å². The van der Waals surface area contributed by atoms with Crippen molar-refractivity contribution in [3.8, 4) is 0 Å². The zero-order valence-corrected chi connectivity index (χ0v) is 51.1. The summed E-state index contributed by atoms with van der Waals surface area (Å²) in [6.07, 6.45) is 79.6. The molecule has 1 amide bonds. The molecule has 0 rings (SSSR count). The van der Waals surface area contributed by atoms with Crippen LogP contribution in [-0.4, -0.2) is 47.4 Å². The van der Waals surface area contributed by atoms with Gasteiger partial charge >= 0.3 is 5.97 Å².